The number of carbonyl (C=O) groups excluding carboxylic acids is 1. The molecule has 4 rings (SSSR count). The minimum absolute atomic E-state index is 0.107. The quantitative estimate of drug-likeness (QED) is 0.526. The second kappa shape index (κ2) is 10.6. The lowest BCUT2D eigenvalue weighted by molar-refractivity contribution is 0.184. The molecule has 0 saturated heterocycles. The zero-order valence-electron chi connectivity index (χ0n) is 19.5. The van der Waals surface area contributed by atoms with Crippen molar-refractivity contribution in [3.05, 3.63) is 69.8 Å². The molecule has 34 heavy (non-hydrogen) atoms. The van der Waals surface area contributed by atoms with E-state index in [1.165, 1.54) is 25.7 Å². The number of nitrogens with one attached hydrogen (secondary N) is 2. The Hall–Kier alpha value is -3.55. The first-order valence-corrected chi connectivity index (χ1v) is 11.5. The summed E-state index contributed by atoms with van der Waals surface area (Å²) in [7, 11) is 3.09. The van der Waals surface area contributed by atoms with Gasteiger partial charge in [0.1, 0.15) is 5.82 Å². The summed E-state index contributed by atoms with van der Waals surface area (Å²) in [6.07, 6.45) is 5.28. The molecule has 2 amide bonds. The molecule has 7 nitrogen and oxygen atoms in total. The smallest absolute Gasteiger partial charge is 0.318 e. The minimum Gasteiger partial charge on any atom is -0.493 e. The number of H-pyrrole nitrogens is 1. The van der Waals surface area contributed by atoms with Crippen LogP contribution < -0.4 is 20.3 Å². The Morgan fingerprint density at radius 2 is 1.71 bits per heavy atom. The number of halogens is 1. The summed E-state index contributed by atoms with van der Waals surface area (Å²) in [6.45, 7) is 0.359. The van der Waals surface area contributed by atoms with Crippen molar-refractivity contribution in [3.8, 4) is 11.5 Å². The Bertz CT molecular complexity index is 1200. The average Bonchev–Trinajstić information content (AvgIpc) is 2.85. The lowest BCUT2D eigenvalue weighted by atomic mass is 9.96. The van der Waals surface area contributed by atoms with E-state index in [1.54, 1.807) is 42.3 Å². The highest BCUT2D eigenvalue weighted by molar-refractivity contribution is 5.83. The molecule has 0 radical (unpaired) electrons. The van der Waals surface area contributed by atoms with Crippen molar-refractivity contribution < 1.29 is 18.7 Å². The number of benzene rings is 2. The van der Waals surface area contributed by atoms with Crippen LogP contribution in [0.3, 0.4) is 0 Å². The molecule has 1 saturated carbocycles. The van der Waals surface area contributed by atoms with E-state index >= 15 is 0 Å². The molecule has 1 heterocycles. The van der Waals surface area contributed by atoms with Crippen LogP contribution in [-0.4, -0.2) is 36.2 Å². The van der Waals surface area contributed by atoms with Crippen molar-refractivity contribution in [3.63, 3.8) is 0 Å². The van der Waals surface area contributed by atoms with Crippen LogP contribution in [0.25, 0.3) is 10.9 Å². The Balaban J connectivity index is 1.63. The van der Waals surface area contributed by atoms with Crippen LogP contribution >= 0.6 is 0 Å². The Morgan fingerprint density at radius 1 is 1.03 bits per heavy atom. The number of urea groups is 1. The molecule has 180 valence electrons. The fourth-order valence-corrected chi connectivity index (χ4v) is 4.42. The summed E-state index contributed by atoms with van der Waals surface area (Å²) in [4.78, 5) is 30.6. The van der Waals surface area contributed by atoms with Gasteiger partial charge in [-0.3, -0.25) is 4.79 Å². The van der Waals surface area contributed by atoms with Crippen LogP contribution in [0.4, 0.5) is 9.18 Å². The van der Waals surface area contributed by atoms with Crippen molar-refractivity contribution in [1.82, 2.24) is 15.2 Å². The van der Waals surface area contributed by atoms with Gasteiger partial charge in [-0.15, -0.1) is 0 Å². The number of aromatic nitrogens is 1. The number of hydrogen-bond acceptors (Lipinski definition) is 4. The summed E-state index contributed by atoms with van der Waals surface area (Å²) in [5.74, 6) is 0.728. The van der Waals surface area contributed by atoms with Gasteiger partial charge in [-0.05, 0) is 42.7 Å². The standard InChI is InChI=1S/C26H30FN3O4/c1-33-23-13-18-12-19(25(31)29-22(18)14-24(23)34-2)16-30(15-17-8-10-20(27)11-9-17)26(32)28-21-6-4-3-5-7-21/h8-14,21H,3-7,15-16H2,1-2H3,(H,28,32)(H,29,31). The molecule has 3 aromatic rings. The van der Waals surface area contributed by atoms with Gasteiger partial charge in [0.2, 0.25) is 0 Å². The number of pyridine rings is 1. The summed E-state index contributed by atoms with van der Waals surface area (Å²) in [5, 5.41) is 3.89. The first-order valence-electron chi connectivity index (χ1n) is 11.5. The topological polar surface area (TPSA) is 83.7 Å². The van der Waals surface area contributed by atoms with Crippen LogP contribution in [0.1, 0.15) is 43.2 Å². The molecular formula is C26H30FN3O4. The normalized spacial score (nSPS) is 14.1. The Labute approximate surface area is 197 Å². The molecule has 1 fully saturated rings. The first-order chi connectivity index (χ1) is 16.5. The predicted octanol–water partition coefficient (Wildman–Crippen LogP) is 4.73. The first kappa shape index (κ1) is 23.6. The van der Waals surface area contributed by atoms with Crippen LogP contribution in [0, 0.1) is 5.82 Å². The highest BCUT2D eigenvalue weighted by atomic mass is 19.1. The maximum Gasteiger partial charge on any atom is 0.318 e. The van der Waals surface area contributed by atoms with Gasteiger partial charge < -0.3 is 24.7 Å². The van der Waals surface area contributed by atoms with Gasteiger partial charge in [-0.1, -0.05) is 31.4 Å². The molecule has 0 bridgehead atoms. The average molecular weight is 468 g/mol. The fourth-order valence-electron chi connectivity index (χ4n) is 4.42. The van der Waals surface area contributed by atoms with Crippen molar-refractivity contribution in [2.45, 2.75) is 51.2 Å². The number of carbonyl (C=O) groups is 1. The molecule has 8 heteroatoms. The molecule has 0 atom stereocenters. The summed E-state index contributed by atoms with van der Waals surface area (Å²) < 4.78 is 24.1. The third kappa shape index (κ3) is 5.50. The number of nitrogens with zero attached hydrogens (tertiary/aromatic N) is 1. The predicted molar refractivity (Wildman–Crippen MR) is 129 cm³/mol. The molecule has 1 aliphatic carbocycles. The van der Waals surface area contributed by atoms with Crippen LogP contribution in [0.5, 0.6) is 11.5 Å². The second-order valence-corrected chi connectivity index (χ2v) is 8.69. The van der Waals surface area contributed by atoms with Crippen LogP contribution in [0.15, 0.2) is 47.3 Å². The zero-order valence-corrected chi connectivity index (χ0v) is 19.5. The zero-order chi connectivity index (χ0) is 24.1. The lowest BCUT2D eigenvalue weighted by Gasteiger charge is -2.28. The largest absolute Gasteiger partial charge is 0.493 e. The molecule has 0 spiro atoms. The third-order valence-electron chi connectivity index (χ3n) is 6.29. The Morgan fingerprint density at radius 3 is 2.38 bits per heavy atom. The summed E-state index contributed by atoms with van der Waals surface area (Å²) >= 11 is 0. The van der Waals surface area contributed by atoms with E-state index in [-0.39, 0.29) is 36.5 Å². The maximum atomic E-state index is 13.4. The maximum absolute atomic E-state index is 13.4. The minimum atomic E-state index is -0.336. The molecular weight excluding hydrogens is 437 g/mol. The van der Waals surface area contributed by atoms with Crippen molar-refractivity contribution in [2.75, 3.05) is 14.2 Å². The van der Waals surface area contributed by atoms with Gasteiger partial charge in [0.05, 0.1) is 26.3 Å². The van der Waals surface area contributed by atoms with Crippen LogP contribution in [0.2, 0.25) is 0 Å². The number of hydrogen-bond donors (Lipinski definition) is 2. The molecule has 2 aromatic carbocycles. The number of amides is 2. The lowest BCUT2D eigenvalue weighted by Crippen LogP contribution is -2.45. The third-order valence-corrected chi connectivity index (χ3v) is 6.29. The number of ether oxygens (including phenoxy) is 2. The van der Waals surface area contributed by atoms with E-state index in [2.05, 4.69) is 10.3 Å². The molecule has 2 N–H and O–H groups in total. The highest BCUT2D eigenvalue weighted by Crippen LogP contribution is 2.31. The Kier molecular flexibility index (Phi) is 7.35. The molecule has 1 aliphatic rings. The van der Waals surface area contributed by atoms with E-state index in [9.17, 15) is 14.0 Å². The van der Waals surface area contributed by atoms with Gasteiger partial charge in [0.25, 0.3) is 5.56 Å². The summed E-state index contributed by atoms with van der Waals surface area (Å²) in [5.41, 5.74) is 1.56. The van der Waals surface area contributed by atoms with Crippen molar-refractivity contribution >= 4 is 16.9 Å². The van der Waals surface area contributed by atoms with Crippen molar-refractivity contribution in [1.29, 1.82) is 0 Å². The van der Waals surface area contributed by atoms with E-state index in [1.807, 2.05) is 0 Å². The van der Waals surface area contributed by atoms with E-state index in [0.29, 0.717) is 22.6 Å². The molecule has 1 aromatic heterocycles. The number of methoxy groups -OCH3 is 2. The number of aromatic amines is 1. The van der Waals surface area contributed by atoms with Gasteiger partial charge in [0, 0.05) is 29.6 Å². The molecule has 0 unspecified atom stereocenters. The fraction of sp³-hybridized carbons (Fsp3) is 0.385. The van der Waals surface area contributed by atoms with E-state index in [4.69, 9.17) is 9.47 Å². The van der Waals surface area contributed by atoms with Crippen molar-refractivity contribution in [2.24, 2.45) is 0 Å². The van der Waals surface area contributed by atoms with E-state index < -0.39 is 0 Å². The number of rotatable bonds is 7. The summed E-state index contributed by atoms with van der Waals surface area (Å²) in [6, 6.07) is 11.2. The van der Waals surface area contributed by atoms with Gasteiger partial charge in [-0.2, -0.15) is 0 Å². The molecule has 0 aliphatic heterocycles. The monoisotopic (exact) mass is 467 g/mol. The van der Waals surface area contributed by atoms with Gasteiger partial charge in [-0.25, -0.2) is 9.18 Å². The highest BCUT2D eigenvalue weighted by Gasteiger charge is 2.22. The van der Waals surface area contributed by atoms with Gasteiger partial charge in [0.15, 0.2) is 11.5 Å². The SMILES string of the molecule is COc1cc2cc(CN(Cc3ccc(F)cc3)C(=O)NC3CCCCC3)c(=O)[nH]c2cc1OC. The second-order valence-electron chi connectivity index (χ2n) is 8.69. The van der Waals surface area contributed by atoms with E-state index in [0.717, 1.165) is 36.6 Å². The number of fused-ring (bicyclic) bond motifs is 1. The van der Waals surface area contributed by atoms with Crippen LogP contribution in [-0.2, 0) is 13.1 Å². The van der Waals surface area contributed by atoms with Gasteiger partial charge >= 0.3 is 6.03 Å².